The average Bonchev–Trinajstić information content (AvgIpc) is 2.43. The lowest BCUT2D eigenvalue weighted by Crippen LogP contribution is -2.33. The summed E-state index contributed by atoms with van der Waals surface area (Å²) in [4.78, 5) is 2.35. The first-order valence-corrected chi connectivity index (χ1v) is 7.34. The van der Waals surface area contributed by atoms with E-state index in [9.17, 15) is 0 Å². The van der Waals surface area contributed by atoms with Gasteiger partial charge in [-0.15, -0.1) is 6.58 Å². The van der Waals surface area contributed by atoms with Crippen molar-refractivity contribution in [1.29, 1.82) is 0 Å². The van der Waals surface area contributed by atoms with Gasteiger partial charge in [-0.25, -0.2) is 0 Å². The molecule has 0 fully saturated rings. The molecule has 0 saturated carbocycles. The second kappa shape index (κ2) is 7.95. The standard InChI is InChI=1S/C17H28N2O/c1-7-12-19(13(3)4)15-10-9-11-16(20-6)17(15)14(5)18-8-2/h7,9-11,13-14,18H,1,8,12H2,2-6H3. The summed E-state index contributed by atoms with van der Waals surface area (Å²) in [6.45, 7) is 14.3. The summed E-state index contributed by atoms with van der Waals surface area (Å²) >= 11 is 0. The Morgan fingerprint density at radius 3 is 2.55 bits per heavy atom. The molecule has 0 aliphatic rings. The topological polar surface area (TPSA) is 24.5 Å². The van der Waals surface area contributed by atoms with Gasteiger partial charge in [0.2, 0.25) is 0 Å². The van der Waals surface area contributed by atoms with E-state index in [0.29, 0.717) is 6.04 Å². The summed E-state index contributed by atoms with van der Waals surface area (Å²) in [5.41, 5.74) is 2.43. The summed E-state index contributed by atoms with van der Waals surface area (Å²) in [5, 5.41) is 3.48. The Balaban J connectivity index is 3.32. The van der Waals surface area contributed by atoms with Gasteiger partial charge in [0.05, 0.1) is 7.11 Å². The molecule has 20 heavy (non-hydrogen) atoms. The van der Waals surface area contributed by atoms with Crippen molar-refractivity contribution in [1.82, 2.24) is 5.32 Å². The predicted molar refractivity (Wildman–Crippen MR) is 87.8 cm³/mol. The van der Waals surface area contributed by atoms with Crippen LogP contribution in [0.4, 0.5) is 5.69 Å². The van der Waals surface area contributed by atoms with Crippen LogP contribution in [0.15, 0.2) is 30.9 Å². The Labute approximate surface area is 123 Å². The smallest absolute Gasteiger partial charge is 0.125 e. The van der Waals surface area contributed by atoms with Crippen LogP contribution in [-0.4, -0.2) is 26.2 Å². The number of nitrogens with zero attached hydrogens (tertiary/aromatic N) is 1. The summed E-state index contributed by atoms with van der Waals surface area (Å²) in [6, 6.07) is 6.90. The van der Waals surface area contributed by atoms with Crippen molar-refractivity contribution >= 4 is 5.69 Å². The fraction of sp³-hybridized carbons (Fsp3) is 0.529. The van der Waals surface area contributed by atoms with Crippen LogP contribution in [0.3, 0.4) is 0 Å². The molecule has 1 aromatic carbocycles. The second-order valence-electron chi connectivity index (χ2n) is 5.21. The quantitative estimate of drug-likeness (QED) is 0.732. The van der Waals surface area contributed by atoms with Crippen molar-refractivity contribution in [3.05, 3.63) is 36.4 Å². The molecule has 0 saturated heterocycles. The molecule has 0 bridgehead atoms. The van der Waals surface area contributed by atoms with Crippen LogP contribution in [0.25, 0.3) is 0 Å². The minimum absolute atomic E-state index is 0.247. The highest BCUT2D eigenvalue weighted by Crippen LogP contribution is 2.35. The van der Waals surface area contributed by atoms with Crippen LogP contribution >= 0.6 is 0 Å². The van der Waals surface area contributed by atoms with Gasteiger partial charge in [0.15, 0.2) is 0 Å². The SMILES string of the molecule is C=CCN(c1cccc(OC)c1C(C)NCC)C(C)C. The van der Waals surface area contributed by atoms with Gasteiger partial charge in [0.25, 0.3) is 0 Å². The zero-order chi connectivity index (χ0) is 15.1. The number of rotatable bonds is 8. The molecular weight excluding hydrogens is 248 g/mol. The highest BCUT2D eigenvalue weighted by atomic mass is 16.5. The second-order valence-corrected chi connectivity index (χ2v) is 5.21. The number of hydrogen-bond acceptors (Lipinski definition) is 3. The number of methoxy groups -OCH3 is 1. The van der Waals surface area contributed by atoms with E-state index < -0.39 is 0 Å². The van der Waals surface area contributed by atoms with Crippen LogP contribution in [0.2, 0.25) is 0 Å². The fourth-order valence-corrected chi connectivity index (χ4v) is 2.53. The summed E-state index contributed by atoms with van der Waals surface area (Å²) in [5.74, 6) is 0.936. The molecule has 3 heteroatoms. The van der Waals surface area contributed by atoms with Crippen molar-refractivity contribution < 1.29 is 4.74 Å². The van der Waals surface area contributed by atoms with Gasteiger partial charge < -0.3 is 15.0 Å². The molecule has 0 aliphatic heterocycles. The maximum absolute atomic E-state index is 5.57. The monoisotopic (exact) mass is 276 g/mol. The Morgan fingerprint density at radius 1 is 1.35 bits per heavy atom. The van der Waals surface area contributed by atoms with Gasteiger partial charge in [-0.3, -0.25) is 0 Å². The molecule has 112 valence electrons. The van der Waals surface area contributed by atoms with Crippen molar-refractivity contribution in [2.24, 2.45) is 0 Å². The van der Waals surface area contributed by atoms with Crippen LogP contribution in [0.1, 0.15) is 39.3 Å². The lowest BCUT2D eigenvalue weighted by molar-refractivity contribution is 0.402. The molecule has 0 spiro atoms. The van der Waals surface area contributed by atoms with Crippen molar-refractivity contribution in [3.63, 3.8) is 0 Å². The van der Waals surface area contributed by atoms with E-state index in [1.54, 1.807) is 7.11 Å². The minimum atomic E-state index is 0.247. The van der Waals surface area contributed by atoms with Gasteiger partial charge in [-0.05, 0) is 39.4 Å². The van der Waals surface area contributed by atoms with E-state index in [4.69, 9.17) is 4.74 Å². The van der Waals surface area contributed by atoms with E-state index in [-0.39, 0.29) is 6.04 Å². The third-order valence-electron chi connectivity index (χ3n) is 3.46. The number of benzene rings is 1. The zero-order valence-electron chi connectivity index (χ0n) is 13.4. The van der Waals surface area contributed by atoms with Crippen molar-refractivity contribution in [2.45, 2.75) is 39.8 Å². The molecule has 1 atom stereocenters. The summed E-state index contributed by atoms with van der Waals surface area (Å²) in [6.07, 6.45) is 1.95. The number of nitrogens with one attached hydrogen (secondary N) is 1. The third-order valence-corrected chi connectivity index (χ3v) is 3.46. The molecule has 3 nitrogen and oxygen atoms in total. The van der Waals surface area contributed by atoms with E-state index in [0.717, 1.165) is 18.8 Å². The Kier molecular flexibility index (Phi) is 6.59. The van der Waals surface area contributed by atoms with E-state index >= 15 is 0 Å². The molecule has 1 N–H and O–H groups in total. The van der Waals surface area contributed by atoms with Crippen LogP contribution < -0.4 is 15.0 Å². The number of ether oxygens (including phenoxy) is 1. The first kappa shape index (κ1) is 16.6. The highest BCUT2D eigenvalue weighted by Gasteiger charge is 2.20. The van der Waals surface area contributed by atoms with Crippen LogP contribution in [-0.2, 0) is 0 Å². The first-order valence-electron chi connectivity index (χ1n) is 7.34. The lowest BCUT2D eigenvalue weighted by Gasteiger charge is -2.32. The van der Waals surface area contributed by atoms with Gasteiger partial charge >= 0.3 is 0 Å². The Morgan fingerprint density at radius 2 is 2.05 bits per heavy atom. The van der Waals surface area contributed by atoms with E-state index in [2.05, 4.69) is 56.6 Å². The summed E-state index contributed by atoms with van der Waals surface area (Å²) in [7, 11) is 1.73. The minimum Gasteiger partial charge on any atom is -0.496 e. The predicted octanol–water partition coefficient (Wildman–Crippen LogP) is 3.77. The highest BCUT2D eigenvalue weighted by molar-refractivity contribution is 5.61. The zero-order valence-corrected chi connectivity index (χ0v) is 13.4. The van der Waals surface area contributed by atoms with Crippen LogP contribution in [0, 0.1) is 0 Å². The normalized spacial score (nSPS) is 12.3. The van der Waals surface area contributed by atoms with Gasteiger partial charge in [0, 0.05) is 29.9 Å². The van der Waals surface area contributed by atoms with Crippen molar-refractivity contribution in [3.8, 4) is 5.75 Å². The lowest BCUT2D eigenvalue weighted by atomic mass is 10.0. The molecule has 1 rings (SSSR count). The summed E-state index contributed by atoms with van der Waals surface area (Å²) < 4.78 is 5.57. The number of hydrogen-bond donors (Lipinski definition) is 1. The molecule has 1 aromatic rings. The van der Waals surface area contributed by atoms with E-state index in [1.165, 1.54) is 11.3 Å². The fourth-order valence-electron chi connectivity index (χ4n) is 2.53. The van der Waals surface area contributed by atoms with E-state index in [1.807, 2.05) is 12.1 Å². The molecule has 0 heterocycles. The Bertz CT molecular complexity index is 429. The molecule has 0 radical (unpaired) electrons. The number of anilines is 1. The van der Waals surface area contributed by atoms with Gasteiger partial charge in [-0.2, -0.15) is 0 Å². The van der Waals surface area contributed by atoms with Gasteiger partial charge in [0.1, 0.15) is 5.75 Å². The van der Waals surface area contributed by atoms with Crippen molar-refractivity contribution in [2.75, 3.05) is 25.1 Å². The molecular formula is C17H28N2O. The third kappa shape index (κ3) is 3.76. The van der Waals surface area contributed by atoms with Crippen LogP contribution in [0.5, 0.6) is 5.75 Å². The molecule has 0 aliphatic carbocycles. The largest absolute Gasteiger partial charge is 0.496 e. The molecule has 0 aromatic heterocycles. The first-order chi connectivity index (χ1) is 9.56. The molecule has 0 amide bonds. The molecule has 1 unspecified atom stereocenters. The average molecular weight is 276 g/mol. The Hall–Kier alpha value is -1.48. The maximum atomic E-state index is 5.57. The van der Waals surface area contributed by atoms with Gasteiger partial charge in [-0.1, -0.05) is 19.1 Å². The maximum Gasteiger partial charge on any atom is 0.125 e.